The van der Waals surface area contributed by atoms with Crippen LogP contribution in [0.25, 0.3) is 0 Å². The predicted octanol–water partition coefficient (Wildman–Crippen LogP) is 6.95. The minimum absolute atomic E-state index is 0.117. The summed E-state index contributed by atoms with van der Waals surface area (Å²) in [6, 6.07) is 19.4. The van der Waals surface area contributed by atoms with Crippen molar-refractivity contribution in [2.75, 3.05) is 10.6 Å². The molecular weight excluding hydrogens is 475 g/mol. The molecule has 0 aliphatic carbocycles. The zero-order chi connectivity index (χ0) is 22.4. The third-order valence-electron chi connectivity index (χ3n) is 4.28. The smallest absolute Gasteiger partial charge is 0.237 e. The summed E-state index contributed by atoms with van der Waals surface area (Å²) in [5, 5.41) is 6.85. The van der Waals surface area contributed by atoms with E-state index in [0.29, 0.717) is 26.4 Å². The van der Waals surface area contributed by atoms with Crippen molar-refractivity contribution in [2.24, 2.45) is 0 Å². The van der Waals surface area contributed by atoms with E-state index in [-0.39, 0.29) is 23.5 Å². The van der Waals surface area contributed by atoms with Crippen molar-refractivity contribution in [3.63, 3.8) is 0 Å². The molecule has 2 amide bonds. The number of amides is 2. The SMILES string of the molecule is CC(Sc1ccc(NC(=O)Cc2ccc(Cl)cc2)cc1)C(=O)Nc1cc(Cl)ccc1Cl. The van der Waals surface area contributed by atoms with E-state index in [0.717, 1.165) is 10.5 Å². The maximum atomic E-state index is 12.5. The molecule has 3 rings (SSSR count). The van der Waals surface area contributed by atoms with Gasteiger partial charge in [0.15, 0.2) is 0 Å². The van der Waals surface area contributed by atoms with E-state index in [1.807, 2.05) is 24.3 Å². The lowest BCUT2D eigenvalue weighted by molar-refractivity contribution is -0.116. The number of benzene rings is 3. The molecule has 0 radical (unpaired) electrons. The second-order valence-corrected chi connectivity index (χ2v) is 9.44. The summed E-state index contributed by atoms with van der Waals surface area (Å²) in [4.78, 5) is 25.6. The average Bonchev–Trinajstić information content (AvgIpc) is 2.73. The highest BCUT2D eigenvalue weighted by molar-refractivity contribution is 8.00. The minimum atomic E-state index is -0.361. The lowest BCUT2D eigenvalue weighted by Gasteiger charge is -2.13. The molecule has 1 atom stereocenters. The topological polar surface area (TPSA) is 58.2 Å². The monoisotopic (exact) mass is 492 g/mol. The van der Waals surface area contributed by atoms with Gasteiger partial charge in [0.05, 0.1) is 22.4 Å². The number of carbonyl (C=O) groups is 2. The number of hydrogen-bond acceptors (Lipinski definition) is 3. The summed E-state index contributed by atoms with van der Waals surface area (Å²) in [6.07, 6.45) is 0.261. The molecule has 2 N–H and O–H groups in total. The van der Waals surface area contributed by atoms with Gasteiger partial charge >= 0.3 is 0 Å². The van der Waals surface area contributed by atoms with E-state index < -0.39 is 0 Å². The number of carbonyl (C=O) groups excluding carboxylic acids is 2. The van der Waals surface area contributed by atoms with Crippen LogP contribution in [0.5, 0.6) is 0 Å². The van der Waals surface area contributed by atoms with Crippen LogP contribution in [-0.4, -0.2) is 17.1 Å². The fourth-order valence-electron chi connectivity index (χ4n) is 2.69. The Balaban J connectivity index is 1.53. The first kappa shape index (κ1) is 23.5. The molecule has 0 fully saturated rings. The van der Waals surface area contributed by atoms with Gasteiger partial charge in [-0.3, -0.25) is 9.59 Å². The van der Waals surface area contributed by atoms with Gasteiger partial charge in [-0.05, 0) is 67.1 Å². The van der Waals surface area contributed by atoms with Gasteiger partial charge in [0.1, 0.15) is 0 Å². The molecule has 3 aromatic carbocycles. The van der Waals surface area contributed by atoms with E-state index >= 15 is 0 Å². The van der Waals surface area contributed by atoms with Crippen molar-refractivity contribution in [1.29, 1.82) is 0 Å². The van der Waals surface area contributed by atoms with Crippen LogP contribution in [0.2, 0.25) is 15.1 Å². The Kier molecular flexibility index (Phi) is 8.27. The maximum Gasteiger partial charge on any atom is 0.237 e. The minimum Gasteiger partial charge on any atom is -0.326 e. The van der Waals surface area contributed by atoms with Gasteiger partial charge < -0.3 is 10.6 Å². The van der Waals surface area contributed by atoms with Gasteiger partial charge in [0.2, 0.25) is 11.8 Å². The van der Waals surface area contributed by atoms with E-state index in [1.165, 1.54) is 11.8 Å². The Morgan fingerprint density at radius 1 is 0.871 bits per heavy atom. The van der Waals surface area contributed by atoms with Crippen LogP contribution < -0.4 is 10.6 Å². The number of rotatable bonds is 7. The van der Waals surface area contributed by atoms with Gasteiger partial charge in [0.25, 0.3) is 0 Å². The molecule has 0 spiro atoms. The van der Waals surface area contributed by atoms with Crippen molar-refractivity contribution in [3.8, 4) is 0 Å². The van der Waals surface area contributed by atoms with Crippen molar-refractivity contribution < 1.29 is 9.59 Å². The number of hydrogen-bond donors (Lipinski definition) is 2. The van der Waals surface area contributed by atoms with Crippen LogP contribution in [0.15, 0.2) is 71.6 Å². The standard InChI is InChI=1S/C23H19Cl3N2O2S/c1-14(23(30)28-21-13-17(25)6-11-20(21)26)31-19-9-7-18(8-10-19)27-22(29)12-15-2-4-16(24)5-3-15/h2-11,13-14H,12H2,1H3,(H,27,29)(H,28,30). The highest BCUT2D eigenvalue weighted by Gasteiger charge is 2.16. The Bertz CT molecular complexity index is 1070. The summed E-state index contributed by atoms with van der Waals surface area (Å²) in [5.74, 6) is -0.302. The van der Waals surface area contributed by atoms with Crippen molar-refractivity contribution >= 4 is 69.8 Å². The molecule has 0 aromatic heterocycles. The third-order valence-corrected chi connectivity index (χ3v) is 6.21. The van der Waals surface area contributed by atoms with Gasteiger partial charge in [-0.2, -0.15) is 0 Å². The fourth-order valence-corrected chi connectivity index (χ4v) is 4.03. The van der Waals surface area contributed by atoms with E-state index in [9.17, 15) is 9.59 Å². The normalized spacial score (nSPS) is 11.6. The Morgan fingerprint density at radius 2 is 1.52 bits per heavy atom. The number of thioether (sulfide) groups is 1. The maximum absolute atomic E-state index is 12.5. The number of halogens is 3. The molecule has 0 aliphatic rings. The van der Waals surface area contributed by atoms with Crippen molar-refractivity contribution in [2.45, 2.75) is 23.5 Å². The van der Waals surface area contributed by atoms with Crippen molar-refractivity contribution in [1.82, 2.24) is 0 Å². The van der Waals surface area contributed by atoms with E-state index in [4.69, 9.17) is 34.8 Å². The molecule has 1 unspecified atom stereocenters. The fraction of sp³-hybridized carbons (Fsp3) is 0.130. The average molecular weight is 494 g/mol. The second kappa shape index (κ2) is 10.9. The molecule has 4 nitrogen and oxygen atoms in total. The summed E-state index contributed by atoms with van der Waals surface area (Å²) in [7, 11) is 0. The highest BCUT2D eigenvalue weighted by atomic mass is 35.5. The molecule has 8 heteroatoms. The van der Waals surface area contributed by atoms with Crippen LogP contribution in [0, 0.1) is 0 Å². The summed E-state index contributed by atoms with van der Waals surface area (Å²) in [6.45, 7) is 1.81. The highest BCUT2D eigenvalue weighted by Crippen LogP contribution is 2.29. The van der Waals surface area contributed by atoms with Crippen LogP contribution in [0.4, 0.5) is 11.4 Å². The Morgan fingerprint density at radius 3 is 2.19 bits per heavy atom. The second-order valence-electron chi connectivity index (χ2n) is 6.75. The number of nitrogens with one attached hydrogen (secondary N) is 2. The van der Waals surface area contributed by atoms with Gasteiger partial charge in [-0.15, -0.1) is 11.8 Å². The zero-order valence-electron chi connectivity index (χ0n) is 16.5. The molecule has 31 heavy (non-hydrogen) atoms. The largest absolute Gasteiger partial charge is 0.326 e. The molecule has 0 heterocycles. The lowest BCUT2D eigenvalue weighted by atomic mass is 10.1. The first-order valence-corrected chi connectivity index (χ1v) is 11.4. The summed E-state index contributed by atoms with van der Waals surface area (Å²) < 4.78 is 0. The van der Waals surface area contributed by atoms with Gasteiger partial charge in [-0.25, -0.2) is 0 Å². The third kappa shape index (κ3) is 7.18. The van der Waals surface area contributed by atoms with Gasteiger partial charge in [0, 0.05) is 20.6 Å². The first-order valence-electron chi connectivity index (χ1n) is 9.37. The predicted molar refractivity (Wildman–Crippen MR) is 131 cm³/mol. The molecule has 3 aromatic rings. The first-order chi connectivity index (χ1) is 14.8. The van der Waals surface area contributed by atoms with Crippen LogP contribution in [0.3, 0.4) is 0 Å². The van der Waals surface area contributed by atoms with Crippen LogP contribution >= 0.6 is 46.6 Å². The lowest BCUT2D eigenvalue weighted by Crippen LogP contribution is -2.22. The zero-order valence-corrected chi connectivity index (χ0v) is 19.6. The molecule has 0 aliphatic heterocycles. The Hall–Kier alpha value is -2.18. The van der Waals surface area contributed by atoms with Crippen LogP contribution in [0.1, 0.15) is 12.5 Å². The number of anilines is 2. The molecular formula is C23H19Cl3N2O2S. The molecule has 160 valence electrons. The van der Waals surface area contributed by atoms with Crippen LogP contribution in [-0.2, 0) is 16.0 Å². The van der Waals surface area contributed by atoms with E-state index in [2.05, 4.69) is 10.6 Å². The Labute approximate surface area is 200 Å². The molecule has 0 saturated carbocycles. The summed E-state index contributed by atoms with van der Waals surface area (Å²) >= 11 is 19.3. The van der Waals surface area contributed by atoms with Crippen molar-refractivity contribution in [3.05, 3.63) is 87.4 Å². The molecule has 0 saturated heterocycles. The summed E-state index contributed by atoms with van der Waals surface area (Å²) in [5.41, 5.74) is 2.05. The van der Waals surface area contributed by atoms with Gasteiger partial charge in [-0.1, -0.05) is 46.9 Å². The molecule has 0 bridgehead atoms. The quantitative estimate of drug-likeness (QED) is 0.350. The van der Waals surface area contributed by atoms with E-state index in [1.54, 1.807) is 49.4 Å².